The number of ether oxygens (including phenoxy) is 5. The molecule has 0 saturated carbocycles. The van der Waals surface area contributed by atoms with Crippen molar-refractivity contribution in [3.63, 3.8) is 0 Å². The summed E-state index contributed by atoms with van der Waals surface area (Å²) in [5.74, 6) is -1.78. The van der Waals surface area contributed by atoms with E-state index in [4.69, 9.17) is 45.8 Å². The monoisotopic (exact) mass is 1570 g/mol. The predicted molar refractivity (Wildman–Crippen MR) is 433 cm³/mol. The SMILES string of the molecule is CC[C@@H](/C=C/I)CC[C@@H]1O[C@]2(CC[C@H](C)[C@H](C[C@@H](C)O[Si](C)(C)C(C)(C)C)O2)C[C@H](OC(=O)/C=C/[C@H](C)[C@@H](O[Si](C)(C)C(C)(C)C)[C@H](C)C(=O)[C@H](C)[C@@H](O[Si](C)(C)C(C)(C)C)[C@H](C)[C@H](OCc2ccc(OC)cc2)[C@@H](C)[C@@H](O[Si](C)(C)C(C)(C)C)[C@H](C)CO[Si](C)(C)C(C)(C)C)[C@@H]1C. The van der Waals surface area contributed by atoms with E-state index in [9.17, 15) is 4.79 Å². The molecule has 2 aliphatic heterocycles. The molecule has 1 spiro atoms. The first-order chi connectivity index (χ1) is 44.4. The number of hydrogen-bond donors (Lipinski definition) is 0. The van der Waals surface area contributed by atoms with E-state index in [0.717, 1.165) is 49.8 Å². The molecule has 0 unspecified atom stereocenters. The molecule has 0 aliphatic carbocycles. The quantitative estimate of drug-likeness (QED) is 0.0278. The molecule has 18 atom stereocenters. The minimum absolute atomic E-state index is 0.0154. The fraction of sp³-hybridized carbons (Fsp3) is 0.850. The van der Waals surface area contributed by atoms with Gasteiger partial charge in [0.25, 0.3) is 0 Å². The maximum absolute atomic E-state index is 16.2. The van der Waals surface area contributed by atoms with Gasteiger partial charge in [0.1, 0.15) is 17.6 Å². The van der Waals surface area contributed by atoms with E-state index >= 15 is 4.79 Å². The van der Waals surface area contributed by atoms with Gasteiger partial charge in [0, 0.05) is 73.1 Å². The van der Waals surface area contributed by atoms with Crippen LogP contribution in [0.3, 0.4) is 0 Å². The molecule has 0 amide bonds. The molecule has 2 fully saturated rings. The number of allylic oxidation sites excluding steroid dienone is 1. The highest BCUT2D eigenvalue weighted by atomic mass is 127. The zero-order valence-electron chi connectivity index (χ0n) is 69.6. The Hall–Kier alpha value is -0.866. The van der Waals surface area contributed by atoms with Gasteiger partial charge in [-0.15, -0.1) is 0 Å². The number of Topliss-reactive ketones (excluding diaryl/α,β-unsaturated/α-hetero) is 1. The van der Waals surface area contributed by atoms with Gasteiger partial charge in [-0.3, -0.25) is 4.79 Å². The third-order valence-corrected chi connectivity index (χ3v) is 48.2. The van der Waals surface area contributed by atoms with E-state index in [-0.39, 0.29) is 85.0 Å². The lowest BCUT2D eigenvalue weighted by Crippen LogP contribution is -2.57. The Kier molecular flexibility index (Phi) is 33.7. The summed E-state index contributed by atoms with van der Waals surface area (Å²) < 4.78 is 73.4. The maximum atomic E-state index is 16.2. The number of ketones is 1. The molecule has 12 nitrogen and oxygen atoms in total. The number of rotatable bonds is 35. The van der Waals surface area contributed by atoms with Crippen LogP contribution in [0.4, 0.5) is 0 Å². The summed E-state index contributed by atoms with van der Waals surface area (Å²) in [6, 6.07) is 8.11. The highest BCUT2D eigenvalue weighted by molar-refractivity contribution is 14.1. The van der Waals surface area contributed by atoms with Gasteiger partial charge in [0.15, 0.2) is 47.4 Å². The number of methoxy groups -OCH3 is 1. The second kappa shape index (κ2) is 36.2. The Balaban J connectivity index is 2.23. The Bertz CT molecular complexity index is 2660. The molecule has 18 heteroatoms. The van der Waals surface area contributed by atoms with Crippen molar-refractivity contribution < 1.29 is 55.4 Å². The summed E-state index contributed by atoms with van der Waals surface area (Å²) in [4.78, 5) is 31.0. The first kappa shape index (κ1) is 91.3. The van der Waals surface area contributed by atoms with Crippen LogP contribution in [0.15, 0.2) is 46.6 Å². The van der Waals surface area contributed by atoms with Crippen LogP contribution < -0.4 is 4.74 Å². The molecular weight excluding hydrogens is 1420 g/mol. The lowest BCUT2D eigenvalue weighted by atomic mass is 9.76. The van der Waals surface area contributed by atoms with Crippen molar-refractivity contribution in [2.45, 2.75) is 370 Å². The van der Waals surface area contributed by atoms with Gasteiger partial charge < -0.3 is 45.8 Å². The van der Waals surface area contributed by atoms with Gasteiger partial charge in [-0.05, 0) is 163 Å². The number of esters is 1. The van der Waals surface area contributed by atoms with Crippen molar-refractivity contribution in [3.8, 4) is 5.75 Å². The van der Waals surface area contributed by atoms with Crippen molar-refractivity contribution in [1.29, 1.82) is 0 Å². The van der Waals surface area contributed by atoms with Crippen molar-refractivity contribution in [2.75, 3.05) is 13.7 Å². The van der Waals surface area contributed by atoms with Crippen LogP contribution in [0.2, 0.25) is 90.7 Å². The lowest BCUT2D eigenvalue weighted by molar-refractivity contribution is -0.347. The van der Waals surface area contributed by atoms with Crippen LogP contribution in [-0.2, 0) is 57.3 Å². The summed E-state index contributed by atoms with van der Waals surface area (Å²) in [5, 5.41) is -0.287. The molecule has 0 aromatic heterocycles. The van der Waals surface area contributed by atoms with Crippen molar-refractivity contribution in [3.05, 3.63) is 52.1 Å². The molecule has 0 radical (unpaired) electrons. The Morgan fingerprint density at radius 1 is 0.622 bits per heavy atom. The predicted octanol–water partition coefficient (Wildman–Crippen LogP) is 23.1. The van der Waals surface area contributed by atoms with Crippen molar-refractivity contribution in [1.82, 2.24) is 0 Å². The van der Waals surface area contributed by atoms with E-state index in [2.05, 4.69) is 277 Å². The molecule has 2 aliphatic rings. The topological polar surface area (TPSA) is 126 Å². The number of carbonyl (C=O) groups is 2. The van der Waals surface area contributed by atoms with Gasteiger partial charge in [-0.2, -0.15) is 0 Å². The number of benzene rings is 1. The maximum Gasteiger partial charge on any atom is 0.330 e. The molecule has 3 rings (SSSR count). The third kappa shape index (κ3) is 25.1. The normalized spacial score (nSPS) is 24.7. The number of carbonyl (C=O) groups excluding carboxylic acids is 2. The second-order valence-electron chi connectivity index (χ2n) is 38.4. The van der Waals surface area contributed by atoms with Gasteiger partial charge in [-0.1, -0.05) is 213 Å². The Morgan fingerprint density at radius 3 is 1.56 bits per heavy atom. The summed E-state index contributed by atoms with van der Waals surface area (Å²) in [6.07, 6.45) is 9.06. The van der Waals surface area contributed by atoms with Gasteiger partial charge >= 0.3 is 5.97 Å². The summed E-state index contributed by atoms with van der Waals surface area (Å²) in [6.45, 7) is 80.2. The Morgan fingerprint density at radius 2 is 1.08 bits per heavy atom. The first-order valence-corrected chi connectivity index (χ1v) is 53.8. The highest BCUT2D eigenvalue weighted by Crippen LogP contribution is 2.49. The van der Waals surface area contributed by atoms with Gasteiger partial charge in [0.2, 0.25) is 0 Å². The van der Waals surface area contributed by atoms with Crippen LogP contribution in [0.1, 0.15) is 224 Å². The van der Waals surface area contributed by atoms with Crippen LogP contribution in [-0.4, -0.2) is 122 Å². The molecule has 570 valence electrons. The smallest absolute Gasteiger partial charge is 0.330 e. The van der Waals surface area contributed by atoms with Crippen LogP contribution in [0.5, 0.6) is 5.75 Å². The van der Waals surface area contributed by atoms with Crippen molar-refractivity contribution in [2.24, 2.45) is 53.3 Å². The van der Waals surface area contributed by atoms with Crippen LogP contribution in [0, 0.1) is 53.3 Å². The highest BCUT2D eigenvalue weighted by Gasteiger charge is 2.54. The van der Waals surface area contributed by atoms with E-state index in [1.807, 2.05) is 25.1 Å². The van der Waals surface area contributed by atoms with E-state index in [0.29, 0.717) is 31.5 Å². The fourth-order valence-electron chi connectivity index (χ4n) is 12.8. The molecule has 2 saturated heterocycles. The minimum atomic E-state index is -2.61. The fourth-order valence-corrected chi connectivity index (χ4v) is 20.4. The zero-order chi connectivity index (χ0) is 75.7. The van der Waals surface area contributed by atoms with E-state index in [1.165, 1.54) is 0 Å². The standard InChI is InChI=1S/C80H151IO12Si5/c1-37-63(47-49-81)41-44-66-58(6)68(51-80(88-66)48-46-54(2)67(89-80)50-57(5)90-95(29,30)76(14,15)16)87-69(82)45-38-55(3)71(91-96(31,32)77(17,18)19)59(7)70(83)60(8)74(93-98(35,36)79(23,24)25)62(10)73(85-53-64-39-42-65(84-26)43-40-64)61(9)72(92-97(33,34)78(20,21)22)56(4)52-86-94(27,28)75(11,12)13/h38-40,42-43,45,47,49,54-63,66-68,71-74H,37,41,44,46,48,50-53H2,1-36H3/b45-38+,49-47+/t54-,55-,56+,57+,58+,59+,60-,61-,62+,63+,66-,67-,68-,71+,72-,73+,74+,80-/m0/s1. The largest absolute Gasteiger partial charge is 0.497 e. The minimum Gasteiger partial charge on any atom is -0.497 e. The Labute approximate surface area is 621 Å². The molecule has 2 heterocycles. The molecule has 98 heavy (non-hydrogen) atoms. The van der Waals surface area contributed by atoms with E-state index < -0.39 is 89.6 Å². The summed E-state index contributed by atoms with van der Waals surface area (Å²) in [7, 11) is -10.1. The molecular formula is C80H151IO12Si5. The van der Waals surface area contributed by atoms with Gasteiger partial charge in [-0.25, -0.2) is 4.79 Å². The van der Waals surface area contributed by atoms with Crippen molar-refractivity contribution >= 4 is 75.9 Å². The number of hydrogen-bond acceptors (Lipinski definition) is 12. The first-order valence-electron chi connectivity index (χ1n) is 38.0. The average molecular weight is 1570 g/mol. The molecule has 0 N–H and O–H groups in total. The molecule has 0 bridgehead atoms. The zero-order valence-corrected chi connectivity index (χ0v) is 76.7. The van der Waals surface area contributed by atoms with Crippen LogP contribution >= 0.6 is 22.6 Å². The number of halogens is 1. The third-order valence-electron chi connectivity index (χ3n) is 25.3. The average Bonchev–Trinajstić information content (AvgIpc) is 0.774. The summed E-state index contributed by atoms with van der Waals surface area (Å²) in [5.41, 5.74) is 1.02. The van der Waals surface area contributed by atoms with Gasteiger partial charge in [0.05, 0.1) is 50.3 Å². The summed E-state index contributed by atoms with van der Waals surface area (Å²) >= 11 is 2.32. The lowest BCUT2D eigenvalue weighted by Gasteiger charge is -2.52. The molecule has 1 aromatic carbocycles. The van der Waals surface area contributed by atoms with Crippen LogP contribution in [0.25, 0.3) is 0 Å². The second-order valence-corrected chi connectivity index (χ2v) is 62.9. The van der Waals surface area contributed by atoms with E-state index in [1.54, 1.807) is 13.2 Å². The molecule has 1 aromatic rings.